The molecule has 0 aromatic carbocycles. The van der Waals surface area contributed by atoms with Crippen LogP contribution in [0.2, 0.25) is 0 Å². The molecule has 0 radical (unpaired) electrons. The summed E-state index contributed by atoms with van der Waals surface area (Å²) in [5, 5.41) is 0. The van der Waals surface area contributed by atoms with Crippen molar-refractivity contribution in [2.75, 3.05) is 44.3 Å². The summed E-state index contributed by atoms with van der Waals surface area (Å²) < 4.78 is 5.42. The van der Waals surface area contributed by atoms with Crippen LogP contribution in [0.3, 0.4) is 0 Å². The molecule has 2 fully saturated rings. The van der Waals surface area contributed by atoms with E-state index in [1.165, 1.54) is 5.56 Å². The number of anilines is 1. The minimum absolute atomic E-state index is 0.0662. The van der Waals surface area contributed by atoms with Crippen LogP contribution in [0.4, 0.5) is 5.95 Å². The Morgan fingerprint density at radius 3 is 2.88 bits per heavy atom. The van der Waals surface area contributed by atoms with Crippen LogP contribution in [-0.2, 0) is 11.2 Å². The van der Waals surface area contributed by atoms with E-state index in [0.717, 1.165) is 57.5 Å². The predicted molar refractivity (Wildman–Crippen MR) is 95.1 cm³/mol. The lowest BCUT2D eigenvalue weighted by Gasteiger charge is -2.27. The van der Waals surface area contributed by atoms with Crippen LogP contribution in [0, 0.1) is 5.92 Å². The number of carbonyl (C=O) groups is 1. The van der Waals surface area contributed by atoms with Crippen LogP contribution in [0.15, 0.2) is 30.7 Å². The number of likely N-dealkylation sites (tertiary alicyclic amines) is 1. The third-order valence-corrected chi connectivity index (χ3v) is 5.65. The van der Waals surface area contributed by atoms with Crippen LogP contribution in [-0.4, -0.2) is 65.2 Å². The van der Waals surface area contributed by atoms with Gasteiger partial charge in [-0.1, -0.05) is 0 Å². The number of aromatic nitrogens is 3. The van der Waals surface area contributed by atoms with Crippen LogP contribution >= 0.6 is 0 Å². The van der Waals surface area contributed by atoms with Crippen molar-refractivity contribution >= 4 is 11.9 Å². The van der Waals surface area contributed by atoms with E-state index in [1.807, 2.05) is 17.2 Å². The zero-order chi connectivity index (χ0) is 17.5. The van der Waals surface area contributed by atoms with Crippen molar-refractivity contribution in [3.63, 3.8) is 0 Å². The number of hydrogen-bond donors (Lipinski definition) is 0. The molecule has 0 bridgehead atoms. The summed E-state index contributed by atoms with van der Waals surface area (Å²) in [6, 6.07) is 3.64. The van der Waals surface area contributed by atoms with Crippen molar-refractivity contribution in [1.29, 1.82) is 0 Å². The highest BCUT2D eigenvalue weighted by Gasteiger charge is 2.43. The van der Waals surface area contributed by atoms with E-state index in [2.05, 4.69) is 14.9 Å². The minimum Gasteiger partial charge on any atom is -0.378 e. The van der Waals surface area contributed by atoms with E-state index in [0.29, 0.717) is 17.4 Å². The molecule has 2 atom stereocenters. The molecule has 0 saturated carbocycles. The number of pyridine rings is 1. The number of ether oxygens (including phenoxy) is 1. The molecule has 5 rings (SSSR count). The van der Waals surface area contributed by atoms with Crippen molar-refractivity contribution in [2.24, 2.45) is 5.92 Å². The Bertz CT molecular complexity index is 822. The molecule has 1 amide bonds. The second-order valence-electron chi connectivity index (χ2n) is 7.20. The van der Waals surface area contributed by atoms with Crippen LogP contribution in [0.5, 0.6) is 0 Å². The van der Waals surface area contributed by atoms with Gasteiger partial charge in [-0.15, -0.1) is 0 Å². The topological polar surface area (TPSA) is 71.5 Å². The quantitative estimate of drug-likeness (QED) is 0.807. The average Bonchev–Trinajstić information content (AvgIpc) is 3.26. The van der Waals surface area contributed by atoms with E-state index >= 15 is 0 Å². The first-order chi connectivity index (χ1) is 12.8. The molecule has 3 aliphatic rings. The van der Waals surface area contributed by atoms with Crippen molar-refractivity contribution in [1.82, 2.24) is 19.9 Å². The van der Waals surface area contributed by atoms with Gasteiger partial charge in [-0.25, -0.2) is 9.97 Å². The van der Waals surface area contributed by atoms with E-state index in [4.69, 9.17) is 9.72 Å². The molecule has 4 heterocycles. The lowest BCUT2D eigenvalue weighted by molar-refractivity contribution is 0.0784. The van der Waals surface area contributed by atoms with E-state index in [-0.39, 0.29) is 5.91 Å². The van der Waals surface area contributed by atoms with E-state index in [9.17, 15) is 4.79 Å². The summed E-state index contributed by atoms with van der Waals surface area (Å²) in [5.74, 6) is 1.62. The number of morpholine rings is 1. The maximum atomic E-state index is 12.7. The summed E-state index contributed by atoms with van der Waals surface area (Å²) in [7, 11) is 0. The van der Waals surface area contributed by atoms with Gasteiger partial charge in [0.2, 0.25) is 5.95 Å². The summed E-state index contributed by atoms with van der Waals surface area (Å²) >= 11 is 0. The van der Waals surface area contributed by atoms with Crippen molar-refractivity contribution < 1.29 is 9.53 Å². The molecule has 1 aliphatic carbocycles. The Labute approximate surface area is 152 Å². The molecule has 0 spiro atoms. The first kappa shape index (κ1) is 15.7. The van der Waals surface area contributed by atoms with Gasteiger partial charge in [-0.3, -0.25) is 9.78 Å². The third kappa shape index (κ3) is 2.63. The standard InChI is InChI=1S/C19H21N5O2/c25-18(13-2-1-3-20-9-13)24-11-15-8-14-10-21-19(22-17(14)16(15)12-24)23-4-6-26-7-5-23/h1-3,9-10,15-16H,4-8,11-12H2/t15-,16+/m1/s1. The molecule has 7 heteroatoms. The van der Waals surface area contributed by atoms with Gasteiger partial charge in [-0.2, -0.15) is 0 Å². The molecule has 2 aliphatic heterocycles. The second kappa shape index (κ2) is 6.32. The second-order valence-corrected chi connectivity index (χ2v) is 7.20. The highest BCUT2D eigenvalue weighted by molar-refractivity contribution is 5.94. The van der Waals surface area contributed by atoms with E-state index in [1.54, 1.807) is 18.5 Å². The zero-order valence-electron chi connectivity index (χ0n) is 14.5. The normalized spacial score (nSPS) is 24.5. The van der Waals surface area contributed by atoms with Gasteiger partial charge < -0.3 is 14.5 Å². The Morgan fingerprint density at radius 1 is 1.19 bits per heavy atom. The first-order valence-electron chi connectivity index (χ1n) is 9.17. The fraction of sp³-hybridized carbons (Fsp3) is 0.474. The first-order valence-corrected chi connectivity index (χ1v) is 9.17. The summed E-state index contributed by atoms with van der Waals surface area (Å²) in [5.41, 5.74) is 3.03. The number of nitrogens with zero attached hydrogens (tertiary/aromatic N) is 5. The summed E-state index contributed by atoms with van der Waals surface area (Å²) in [4.78, 5) is 30.4. The Morgan fingerprint density at radius 2 is 2.08 bits per heavy atom. The molecular formula is C19H21N5O2. The Kier molecular flexibility index (Phi) is 3.81. The Balaban J connectivity index is 1.36. The van der Waals surface area contributed by atoms with Crippen molar-refractivity contribution in [3.05, 3.63) is 47.5 Å². The molecule has 7 nitrogen and oxygen atoms in total. The molecule has 2 aromatic heterocycles. The largest absolute Gasteiger partial charge is 0.378 e. The molecule has 2 aromatic rings. The number of amides is 1. The van der Waals surface area contributed by atoms with Gasteiger partial charge in [0, 0.05) is 50.7 Å². The predicted octanol–water partition coefficient (Wildman–Crippen LogP) is 1.12. The van der Waals surface area contributed by atoms with Gasteiger partial charge in [0.1, 0.15) is 0 Å². The van der Waals surface area contributed by atoms with Crippen molar-refractivity contribution in [3.8, 4) is 0 Å². The molecule has 26 heavy (non-hydrogen) atoms. The van der Waals surface area contributed by atoms with Gasteiger partial charge in [0.15, 0.2) is 0 Å². The fourth-order valence-electron chi connectivity index (χ4n) is 4.31. The maximum absolute atomic E-state index is 12.7. The third-order valence-electron chi connectivity index (χ3n) is 5.65. The van der Waals surface area contributed by atoms with Crippen LogP contribution < -0.4 is 4.90 Å². The molecule has 0 N–H and O–H groups in total. The SMILES string of the molecule is O=C(c1cccnc1)N1C[C@H]2Cc3cnc(N4CCOCC4)nc3[C@H]2C1. The average molecular weight is 351 g/mol. The van der Waals surface area contributed by atoms with Gasteiger partial charge in [-0.05, 0) is 30.0 Å². The number of fused-ring (bicyclic) bond motifs is 3. The Hall–Kier alpha value is -2.54. The van der Waals surface area contributed by atoms with Gasteiger partial charge in [0.25, 0.3) is 5.91 Å². The summed E-state index contributed by atoms with van der Waals surface area (Å²) in [6.07, 6.45) is 6.28. The highest BCUT2D eigenvalue weighted by Crippen LogP contribution is 2.42. The monoisotopic (exact) mass is 351 g/mol. The fourth-order valence-corrected chi connectivity index (χ4v) is 4.31. The minimum atomic E-state index is 0.0662. The lowest BCUT2D eigenvalue weighted by Crippen LogP contribution is -2.37. The molecular weight excluding hydrogens is 330 g/mol. The van der Waals surface area contributed by atoms with Crippen molar-refractivity contribution in [2.45, 2.75) is 12.3 Å². The van der Waals surface area contributed by atoms with Gasteiger partial charge in [0.05, 0.1) is 24.5 Å². The highest BCUT2D eigenvalue weighted by atomic mass is 16.5. The number of carbonyl (C=O) groups excluding carboxylic acids is 1. The molecule has 2 saturated heterocycles. The van der Waals surface area contributed by atoms with Gasteiger partial charge >= 0.3 is 0 Å². The van der Waals surface area contributed by atoms with Crippen LogP contribution in [0.25, 0.3) is 0 Å². The zero-order valence-corrected chi connectivity index (χ0v) is 14.5. The van der Waals surface area contributed by atoms with Crippen LogP contribution in [0.1, 0.15) is 27.5 Å². The molecule has 134 valence electrons. The number of rotatable bonds is 2. The molecule has 0 unspecified atom stereocenters. The number of hydrogen-bond acceptors (Lipinski definition) is 6. The lowest BCUT2D eigenvalue weighted by atomic mass is 9.99. The maximum Gasteiger partial charge on any atom is 0.255 e. The smallest absolute Gasteiger partial charge is 0.255 e. The summed E-state index contributed by atoms with van der Waals surface area (Å²) in [6.45, 7) is 4.61. The van der Waals surface area contributed by atoms with E-state index < -0.39 is 0 Å².